The molecule has 3 N–H and O–H groups in total. The van der Waals surface area contributed by atoms with Gasteiger partial charge < -0.3 is 20.1 Å². The molecule has 0 aromatic heterocycles. The summed E-state index contributed by atoms with van der Waals surface area (Å²) in [6.07, 6.45) is -1.11. The van der Waals surface area contributed by atoms with Gasteiger partial charge in [-0.25, -0.2) is 4.79 Å². The molecule has 0 aromatic carbocycles. The summed E-state index contributed by atoms with van der Waals surface area (Å²) in [6.45, 7) is 2.75. The van der Waals surface area contributed by atoms with Gasteiger partial charge in [0.1, 0.15) is 0 Å². The topological polar surface area (TPSA) is 87.0 Å². The summed E-state index contributed by atoms with van der Waals surface area (Å²) in [5.41, 5.74) is 0.377. The van der Waals surface area contributed by atoms with Crippen molar-refractivity contribution in [3.63, 3.8) is 0 Å². The van der Waals surface area contributed by atoms with Gasteiger partial charge in [0.15, 0.2) is 0 Å². The smallest absolute Gasteiger partial charge is 0.335 e. The first-order chi connectivity index (χ1) is 6.51. The van der Waals surface area contributed by atoms with Gasteiger partial charge in [0.05, 0.1) is 12.7 Å². The molecular formula is C9H16O5. The van der Waals surface area contributed by atoms with Crippen LogP contribution in [0.2, 0.25) is 0 Å². The van der Waals surface area contributed by atoms with Crippen LogP contribution in [0.25, 0.3) is 0 Å². The maximum absolute atomic E-state index is 11.1. The SMILES string of the molecule is CC=C(C)C(=O)OC(O)CC(O)CO. The number of ether oxygens (including phenoxy) is 1. The van der Waals surface area contributed by atoms with Gasteiger partial charge in [-0.05, 0) is 13.8 Å². The molecule has 5 nitrogen and oxygen atoms in total. The van der Waals surface area contributed by atoms with E-state index in [1.165, 1.54) is 0 Å². The summed E-state index contributed by atoms with van der Waals surface area (Å²) in [4.78, 5) is 11.1. The fraction of sp³-hybridized carbons (Fsp3) is 0.667. The summed E-state index contributed by atoms with van der Waals surface area (Å²) in [5.74, 6) is -0.634. The lowest BCUT2D eigenvalue weighted by atomic mass is 10.2. The van der Waals surface area contributed by atoms with Crippen LogP contribution in [0, 0.1) is 0 Å². The lowest BCUT2D eigenvalue weighted by Crippen LogP contribution is -2.25. The van der Waals surface area contributed by atoms with Gasteiger partial charge in [0.25, 0.3) is 0 Å². The second-order valence-electron chi connectivity index (χ2n) is 2.90. The number of rotatable bonds is 5. The van der Waals surface area contributed by atoms with Crippen LogP contribution in [0.15, 0.2) is 11.6 Å². The van der Waals surface area contributed by atoms with E-state index in [-0.39, 0.29) is 6.42 Å². The Bertz CT molecular complexity index is 211. The highest BCUT2D eigenvalue weighted by Gasteiger charge is 2.15. The molecular weight excluding hydrogens is 188 g/mol. The van der Waals surface area contributed by atoms with Crippen LogP contribution in [0.1, 0.15) is 20.3 Å². The number of carbonyl (C=O) groups excluding carboxylic acids is 1. The minimum atomic E-state index is -1.39. The number of carbonyl (C=O) groups is 1. The van der Waals surface area contributed by atoms with E-state index in [2.05, 4.69) is 4.74 Å². The number of esters is 1. The third kappa shape index (κ3) is 4.96. The summed E-state index contributed by atoms with van der Waals surface area (Å²) in [6, 6.07) is 0. The van der Waals surface area contributed by atoms with Gasteiger partial charge in [0, 0.05) is 12.0 Å². The van der Waals surface area contributed by atoms with Gasteiger partial charge >= 0.3 is 5.97 Å². The molecule has 0 saturated heterocycles. The van der Waals surface area contributed by atoms with E-state index in [9.17, 15) is 4.79 Å². The molecule has 0 amide bonds. The van der Waals surface area contributed by atoms with Crippen molar-refractivity contribution in [3.8, 4) is 0 Å². The average molecular weight is 204 g/mol. The van der Waals surface area contributed by atoms with Gasteiger partial charge in [-0.15, -0.1) is 0 Å². The molecule has 0 saturated carbocycles. The molecule has 0 bridgehead atoms. The molecule has 2 atom stereocenters. The van der Waals surface area contributed by atoms with E-state index in [1.807, 2.05) is 0 Å². The quantitative estimate of drug-likeness (QED) is 0.321. The lowest BCUT2D eigenvalue weighted by molar-refractivity contribution is -0.167. The molecule has 5 heteroatoms. The Kier molecular flexibility index (Phi) is 6.11. The number of allylic oxidation sites excluding steroid dienone is 1. The fourth-order valence-electron chi connectivity index (χ4n) is 0.690. The predicted molar refractivity (Wildman–Crippen MR) is 49.2 cm³/mol. The molecule has 14 heavy (non-hydrogen) atoms. The third-order valence-electron chi connectivity index (χ3n) is 1.68. The fourth-order valence-corrected chi connectivity index (χ4v) is 0.690. The maximum atomic E-state index is 11.1. The highest BCUT2D eigenvalue weighted by molar-refractivity contribution is 5.87. The van der Waals surface area contributed by atoms with Gasteiger partial charge in [-0.2, -0.15) is 0 Å². The zero-order valence-corrected chi connectivity index (χ0v) is 8.30. The van der Waals surface area contributed by atoms with Crippen LogP contribution in [0.5, 0.6) is 0 Å². The number of aliphatic hydroxyl groups excluding tert-OH is 3. The predicted octanol–water partition coefficient (Wildman–Crippen LogP) is -0.443. The summed E-state index contributed by atoms with van der Waals surface area (Å²) in [7, 11) is 0. The molecule has 0 rings (SSSR count). The van der Waals surface area contributed by atoms with E-state index in [1.54, 1.807) is 19.9 Å². The highest BCUT2D eigenvalue weighted by atomic mass is 16.6. The second kappa shape index (κ2) is 6.53. The molecule has 0 radical (unpaired) electrons. The van der Waals surface area contributed by atoms with Crippen molar-refractivity contribution in [2.45, 2.75) is 32.7 Å². The zero-order chi connectivity index (χ0) is 11.1. The van der Waals surface area contributed by atoms with Gasteiger partial charge in [-0.1, -0.05) is 6.08 Å². The van der Waals surface area contributed by atoms with Crippen molar-refractivity contribution >= 4 is 5.97 Å². The molecule has 2 unspecified atom stereocenters. The summed E-state index contributed by atoms with van der Waals surface area (Å²) in [5, 5.41) is 26.5. The Labute approximate surface area is 82.6 Å². The lowest BCUT2D eigenvalue weighted by Gasteiger charge is -2.14. The van der Waals surface area contributed by atoms with Crippen LogP contribution in [-0.4, -0.2) is 40.3 Å². The summed E-state index contributed by atoms with van der Waals surface area (Å²) >= 11 is 0. The largest absolute Gasteiger partial charge is 0.433 e. The monoisotopic (exact) mass is 204 g/mol. The van der Waals surface area contributed by atoms with E-state index >= 15 is 0 Å². The Morgan fingerprint density at radius 2 is 2.07 bits per heavy atom. The van der Waals surface area contributed by atoms with Crippen LogP contribution in [-0.2, 0) is 9.53 Å². The Morgan fingerprint density at radius 3 is 2.50 bits per heavy atom. The molecule has 0 fully saturated rings. The van der Waals surface area contributed by atoms with Crippen molar-refractivity contribution in [2.24, 2.45) is 0 Å². The first-order valence-corrected chi connectivity index (χ1v) is 4.32. The average Bonchev–Trinajstić information content (AvgIpc) is 2.15. The van der Waals surface area contributed by atoms with Crippen LogP contribution in [0.4, 0.5) is 0 Å². The van der Waals surface area contributed by atoms with Crippen molar-refractivity contribution in [2.75, 3.05) is 6.61 Å². The van der Waals surface area contributed by atoms with E-state index in [0.717, 1.165) is 0 Å². The van der Waals surface area contributed by atoms with Crippen LogP contribution < -0.4 is 0 Å². The first kappa shape index (κ1) is 13.1. The van der Waals surface area contributed by atoms with Gasteiger partial charge in [-0.3, -0.25) is 0 Å². The molecule has 0 aromatic rings. The maximum Gasteiger partial charge on any atom is 0.335 e. The van der Waals surface area contributed by atoms with Gasteiger partial charge in [0.2, 0.25) is 6.29 Å². The Hall–Kier alpha value is -0.910. The Morgan fingerprint density at radius 1 is 1.50 bits per heavy atom. The number of hydrogen-bond acceptors (Lipinski definition) is 5. The first-order valence-electron chi connectivity index (χ1n) is 4.32. The zero-order valence-electron chi connectivity index (χ0n) is 8.30. The normalized spacial score (nSPS) is 16.2. The highest BCUT2D eigenvalue weighted by Crippen LogP contribution is 2.04. The van der Waals surface area contributed by atoms with Crippen LogP contribution >= 0.6 is 0 Å². The second-order valence-corrected chi connectivity index (χ2v) is 2.90. The van der Waals surface area contributed by atoms with Crippen LogP contribution in [0.3, 0.4) is 0 Å². The molecule has 0 aliphatic heterocycles. The minimum absolute atomic E-state index is 0.195. The molecule has 0 heterocycles. The Balaban J connectivity index is 3.94. The van der Waals surface area contributed by atoms with E-state index < -0.39 is 25.0 Å². The van der Waals surface area contributed by atoms with Crippen molar-refractivity contribution < 1.29 is 24.9 Å². The molecule has 0 aliphatic rings. The molecule has 0 aliphatic carbocycles. The number of aliphatic hydroxyl groups is 3. The van der Waals surface area contributed by atoms with Crippen molar-refractivity contribution in [1.29, 1.82) is 0 Å². The van der Waals surface area contributed by atoms with E-state index in [0.29, 0.717) is 5.57 Å². The molecule has 0 spiro atoms. The van der Waals surface area contributed by atoms with Crippen molar-refractivity contribution in [3.05, 3.63) is 11.6 Å². The third-order valence-corrected chi connectivity index (χ3v) is 1.68. The van der Waals surface area contributed by atoms with Crippen molar-refractivity contribution in [1.82, 2.24) is 0 Å². The van der Waals surface area contributed by atoms with E-state index in [4.69, 9.17) is 15.3 Å². The standard InChI is InChI=1S/C9H16O5/c1-3-6(2)9(13)14-8(12)4-7(11)5-10/h3,7-8,10-12H,4-5H2,1-2H3. The molecule has 82 valence electrons. The number of hydrogen-bond donors (Lipinski definition) is 3. The minimum Gasteiger partial charge on any atom is -0.433 e. The summed E-state index contributed by atoms with van der Waals surface area (Å²) < 4.78 is 4.55.